The Morgan fingerprint density at radius 3 is 2.50 bits per heavy atom. The van der Waals surface area contributed by atoms with Crippen LogP contribution in [0, 0.1) is 5.92 Å². The van der Waals surface area contributed by atoms with E-state index in [2.05, 4.69) is 24.1 Å². The Kier molecular flexibility index (Phi) is 11.2. The summed E-state index contributed by atoms with van der Waals surface area (Å²) in [6, 6.07) is 16.7. The lowest BCUT2D eigenvalue weighted by atomic mass is 10.0. The number of amides is 1. The number of hydrogen-bond donors (Lipinski definition) is 3. The first kappa shape index (κ1) is 28.2. The summed E-state index contributed by atoms with van der Waals surface area (Å²) in [6.45, 7) is 6.82. The maximum Gasteiger partial charge on any atom is 0.407 e. The Hall–Kier alpha value is -2.42. The molecule has 2 aromatic rings. The van der Waals surface area contributed by atoms with Gasteiger partial charge in [0.2, 0.25) is 0 Å². The largest absolute Gasteiger partial charge is 0.444 e. The number of benzene rings is 2. The van der Waals surface area contributed by atoms with E-state index in [4.69, 9.17) is 19.7 Å². The fourth-order valence-corrected chi connectivity index (χ4v) is 4.82. The molecule has 1 aliphatic heterocycles. The summed E-state index contributed by atoms with van der Waals surface area (Å²) in [5.41, 5.74) is 8.55. The normalized spacial score (nSPS) is 18.2. The van der Waals surface area contributed by atoms with Crippen molar-refractivity contribution in [3.63, 3.8) is 0 Å². The number of alkyl carbamates (subject to hydrolysis) is 1. The molecule has 1 unspecified atom stereocenters. The summed E-state index contributed by atoms with van der Waals surface area (Å²) in [5, 5.41) is 2.91. The third-order valence-electron chi connectivity index (χ3n) is 5.91. The highest BCUT2D eigenvalue weighted by atomic mass is 31.1. The van der Waals surface area contributed by atoms with Crippen molar-refractivity contribution in [3.05, 3.63) is 65.7 Å². The van der Waals surface area contributed by atoms with Gasteiger partial charge in [-0.3, -0.25) is 9.46 Å². The van der Waals surface area contributed by atoms with Crippen molar-refractivity contribution in [3.8, 4) is 0 Å². The molecule has 36 heavy (non-hydrogen) atoms. The first-order valence-corrected chi connectivity index (χ1v) is 13.6. The summed E-state index contributed by atoms with van der Waals surface area (Å²) in [4.78, 5) is 24.7. The highest BCUT2D eigenvalue weighted by Crippen LogP contribution is 2.24. The number of nitrogens with two attached hydrogens (primary N) is 1. The predicted octanol–water partition coefficient (Wildman–Crippen LogP) is 3.62. The maximum absolute atomic E-state index is 12.8. The molecule has 1 fully saturated rings. The SMILES string of the molecule is CC(C)CN(Cc1ccc(N)cc1)C[C@@H](O[PH](=O)O)[C@H](Cc1ccccc1)NC(=O)O[C@H]1CCOC1. The maximum atomic E-state index is 12.8. The minimum atomic E-state index is -3.28. The van der Waals surface area contributed by atoms with Crippen LogP contribution in [0.25, 0.3) is 0 Å². The van der Waals surface area contributed by atoms with Gasteiger partial charge < -0.3 is 29.9 Å². The van der Waals surface area contributed by atoms with E-state index in [1.807, 2.05) is 54.6 Å². The molecular weight excluding hydrogens is 481 g/mol. The molecule has 9 nitrogen and oxygen atoms in total. The van der Waals surface area contributed by atoms with E-state index in [0.717, 1.165) is 17.7 Å². The van der Waals surface area contributed by atoms with Crippen molar-refractivity contribution in [1.82, 2.24) is 10.2 Å². The average molecular weight is 520 g/mol. The second kappa shape index (κ2) is 14.4. The number of anilines is 1. The van der Waals surface area contributed by atoms with Crippen LogP contribution in [0.15, 0.2) is 54.6 Å². The van der Waals surface area contributed by atoms with Crippen molar-refractivity contribution >= 4 is 20.0 Å². The summed E-state index contributed by atoms with van der Waals surface area (Å²) in [6.07, 6.45) is -0.589. The Morgan fingerprint density at radius 1 is 1.17 bits per heavy atom. The van der Waals surface area contributed by atoms with Crippen LogP contribution in [0.4, 0.5) is 10.5 Å². The van der Waals surface area contributed by atoms with Crippen LogP contribution in [0.3, 0.4) is 0 Å². The molecule has 0 spiro atoms. The first-order chi connectivity index (χ1) is 17.3. The highest BCUT2D eigenvalue weighted by Gasteiger charge is 2.30. The van der Waals surface area contributed by atoms with Crippen LogP contribution in [-0.2, 0) is 31.5 Å². The highest BCUT2D eigenvalue weighted by molar-refractivity contribution is 7.32. The molecular formula is C26H38N3O6P. The first-order valence-electron chi connectivity index (χ1n) is 12.3. The lowest BCUT2D eigenvalue weighted by Crippen LogP contribution is -2.51. The number of rotatable bonds is 13. The Labute approximate surface area is 213 Å². The van der Waals surface area contributed by atoms with E-state index in [9.17, 15) is 14.3 Å². The third-order valence-corrected chi connectivity index (χ3v) is 6.42. The van der Waals surface area contributed by atoms with Crippen molar-refractivity contribution < 1.29 is 28.3 Å². The summed E-state index contributed by atoms with van der Waals surface area (Å²) in [7, 11) is -3.28. The van der Waals surface area contributed by atoms with Gasteiger partial charge in [0.1, 0.15) is 12.2 Å². The zero-order valence-corrected chi connectivity index (χ0v) is 22.0. The second-order valence-electron chi connectivity index (χ2n) is 9.58. The van der Waals surface area contributed by atoms with Gasteiger partial charge in [-0.2, -0.15) is 0 Å². The number of carbonyl (C=O) groups excluding carboxylic acids is 1. The summed E-state index contributed by atoms with van der Waals surface area (Å²) in [5.74, 6) is 0.346. The van der Waals surface area contributed by atoms with Crippen LogP contribution in [-0.4, -0.2) is 60.4 Å². The number of nitrogens with one attached hydrogen (secondary N) is 1. The number of nitrogens with zero attached hydrogens (tertiary/aromatic N) is 1. The predicted molar refractivity (Wildman–Crippen MR) is 140 cm³/mol. The molecule has 3 rings (SSSR count). The number of ether oxygens (including phenoxy) is 2. The fraction of sp³-hybridized carbons (Fsp3) is 0.500. The molecule has 0 saturated carbocycles. The lowest BCUT2D eigenvalue weighted by Gasteiger charge is -2.33. The molecule has 4 atom stereocenters. The monoisotopic (exact) mass is 519 g/mol. The average Bonchev–Trinajstić information content (AvgIpc) is 3.32. The van der Waals surface area contributed by atoms with Crippen molar-refractivity contribution in [2.45, 2.75) is 51.5 Å². The molecule has 0 bridgehead atoms. The molecule has 1 amide bonds. The molecule has 1 aliphatic rings. The van der Waals surface area contributed by atoms with Gasteiger partial charge in [0.25, 0.3) is 0 Å². The Balaban J connectivity index is 1.81. The van der Waals surface area contributed by atoms with E-state index in [1.165, 1.54) is 0 Å². The van der Waals surface area contributed by atoms with Gasteiger partial charge in [-0.25, -0.2) is 4.79 Å². The number of nitrogen functional groups attached to an aromatic ring is 1. The van der Waals surface area contributed by atoms with Gasteiger partial charge in [-0.05, 0) is 35.6 Å². The molecule has 0 radical (unpaired) electrons. The van der Waals surface area contributed by atoms with Crippen molar-refractivity contribution in [1.29, 1.82) is 0 Å². The minimum Gasteiger partial charge on any atom is -0.444 e. The number of carbonyl (C=O) groups is 1. The van der Waals surface area contributed by atoms with Gasteiger partial charge in [0.05, 0.1) is 19.3 Å². The van der Waals surface area contributed by atoms with Gasteiger partial charge >= 0.3 is 14.3 Å². The molecule has 2 aromatic carbocycles. The quantitative estimate of drug-likeness (QED) is 0.271. The third kappa shape index (κ3) is 9.91. The minimum absolute atomic E-state index is 0.304. The van der Waals surface area contributed by atoms with Gasteiger partial charge in [-0.1, -0.05) is 56.3 Å². The topological polar surface area (TPSA) is 123 Å². The lowest BCUT2D eigenvalue weighted by molar-refractivity contribution is 0.0610. The molecule has 4 N–H and O–H groups in total. The molecule has 0 aliphatic carbocycles. The second-order valence-corrected chi connectivity index (χ2v) is 10.4. The molecule has 1 heterocycles. The van der Waals surface area contributed by atoms with E-state index < -0.39 is 26.5 Å². The van der Waals surface area contributed by atoms with Crippen molar-refractivity contribution in [2.24, 2.45) is 5.92 Å². The van der Waals surface area contributed by atoms with Gasteiger partial charge in [0.15, 0.2) is 0 Å². The summed E-state index contributed by atoms with van der Waals surface area (Å²) >= 11 is 0. The van der Waals surface area contributed by atoms with Crippen LogP contribution < -0.4 is 11.1 Å². The Morgan fingerprint density at radius 2 is 1.89 bits per heavy atom. The molecule has 1 saturated heterocycles. The fourth-order valence-electron chi connectivity index (χ4n) is 4.32. The molecule has 0 aromatic heterocycles. The van der Waals surface area contributed by atoms with Crippen LogP contribution >= 0.6 is 8.25 Å². The van der Waals surface area contributed by atoms with E-state index in [0.29, 0.717) is 50.8 Å². The van der Waals surface area contributed by atoms with Crippen LogP contribution in [0.1, 0.15) is 31.4 Å². The van der Waals surface area contributed by atoms with Crippen molar-refractivity contribution in [2.75, 3.05) is 32.0 Å². The molecule has 10 heteroatoms. The molecule has 198 valence electrons. The number of hydrogen-bond acceptors (Lipinski definition) is 7. The zero-order chi connectivity index (χ0) is 25.9. The van der Waals surface area contributed by atoms with E-state index in [1.54, 1.807) is 0 Å². The van der Waals surface area contributed by atoms with Gasteiger partial charge in [-0.15, -0.1) is 0 Å². The van der Waals surface area contributed by atoms with Crippen LogP contribution in [0.2, 0.25) is 0 Å². The van der Waals surface area contributed by atoms with Gasteiger partial charge in [0, 0.05) is 31.7 Å². The summed E-state index contributed by atoms with van der Waals surface area (Å²) < 4.78 is 28.3. The van der Waals surface area contributed by atoms with E-state index in [-0.39, 0.29) is 6.10 Å². The van der Waals surface area contributed by atoms with E-state index >= 15 is 0 Å². The van der Waals surface area contributed by atoms with Crippen LogP contribution in [0.5, 0.6) is 0 Å². The smallest absolute Gasteiger partial charge is 0.407 e. The Bertz CT molecular complexity index is 954. The standard InChI is InChI=1S/C26H38N3O6P/c1-19(2)15-29(16-21-8-10-22(27)11-9-21)17-25(35-36(31)32)24(14-20-6-4-3-5-7-20)28-26(30)34-23-12-13-33-18-23/h3-11,19,23-25,36H,12-18,27H2,1-2H3,(H,28,30)(H,31,32)/t23-,24-,25+/m0/s1. The zero-order valence-electron chi connectivity index (χ0n) is 21.0.